The fourth-order valence-corrected chi connectivity index (χ4v) is 14.0. The van der Waals surface area contributed by atoms with Crippen LogP contribution >= 0.6 is 0 Å². The van der Waals surface area contributed by atoms with Crippen molar-refractivity contribution >= 4 is 110 Å². The number of rotatable bonds is 11. The summed E-state index contributed by atoms with van der Waals surface area (Å²) in [4.78, 5) is 4.69. The molecule has 442 valence electrons. The first kappa shape index (κ1) is 55.6. The lowest BCUT2D eigenvalue weighted by atomic mass is 10.0. The van der Waals surface area contributed by atoms with Crippen LogP contribution in [-0.2, 0) is 0 Å². The van der Waals surface area contributed by atoms with Gasteiger partial charge in [0.15, 0.2) is 0 Å². The Bertz CT molecular complexity index is 5650. The van der Waals surface area contributed by atoms with E-state index in [0.29, 0.717) is 0 Å². The van der Waals surface area contributed by atoms with E-state index in [9.17, 15) is 0 Å². The van der Waals surface area contributed by atoms with Crippen molar-refractivity contribution in [2.45, 2.75) is 0 Å². The number of fused-ring (bicyclic) bond motifs is 10. The molecule has 94 heavy (non-hydrogen) atoms. The highest BCUT2D eigenvalue weighted by atomic mass is 15.1. The molecule has 0 amide bonds. The van der Waals surface area contributed by atoms with Gasteiger partial charge in [0.1, 0.15) is 0 Å². The minimum atomic E-state index is 1.12. The minimum Gasteiger partial charge on any atom is -0.311 e. The molecule has 0 fully saturated rings. The Kier molecular flexibility index (Phi) is 14.2. The van der Waals surface area contributed by atoms with E-state index >= 15 is 0 Å². The van der Waals surface area contributed by atoms with Gasteiger partial charge in [-0.2, -0.15) is 0 Å². The molecule has 0 radical (unpaired) electrons. The predicted octanol–water partition coefficient (Wildman–Crippen LogP) is 25.0. The predicted molar refractivity (Wildman–Crippen MR) is 400 cm³/mol. The van der Waals surface area contributed by atoms with Crippen LogP contribution in [0, 0.1) is 0 Å². The van der Waals surface area contributed by atoms with E-state index in [1.807, 2.05) is 0 Å². The molecule has 0 unspecified atom stereocenters. The first-order valence-electron chi connectivity index (χ1n) is 32.2. The molecule has 4 nitrogen and oxygen atoms in total. The average Bonchev–Trinajstić information content (AvgIpc) is 1.56. The highest BCUT2D eigenvalue weighted by Crippen LogP contribution is 2.42. The quantitative estimate of drug-likeness (QED) is 0.120. The number of anilines is 6. The minimum absolute atomic E-state index is 1.12. The summed E-state index contributed by atoms with van der Waals surface area (Å²) in [6.07, 6.45) is 0. The zero-order chi connectivity index (χ0) is 62.3. The van der Waals surface area contributed by atoms with Crippen molar-refractivity contribution in [3.8, 4) is 44.8 Å². The molecular formula is C90H62N4. The third-order valence-corrected chi connectivity index (χ3v) is 18.6. The van der Waals surface area contributed by atoms with Gasteiger partial charge in [0, 0.05) is 67.0 Å². The van der Waals surface area contributed by atoms with Crippen LogP contribution < -0.4 is 9.80 Å². The van der Waals surface area contributed by atoms with Gasteiger partial charge < -0.3 is 18.9 Å². The maximum absolute atomic E-state index is 2.38. The lowest BCUT2D eigenvalue weighted by Crippen LogP contribution is -2.10. The normalized spacial score (nSPS) is 11.4. The maximum atomic E-state index is 2.38. The summed E-state index contributed by atoms with van der Waals surface area (Å²) in [6.45, 7) is 0. The van der Waals surface area contributed by atoms with Gasteiger partial charge in [-0.1, -0.05) is 255 Å². The second kappa shape index (κ2) is 24.0. The summed E-state index contributed by atoms with van der Waals surface area (Å²) >= 11 is 0. The third-order valence-electron chi connectivity index (χ3n) is 18.6. The Morgan fingerprint density at radius 2 is 0.436 bits per heavy atom. The van der Waals surface area contributed by atoms with Crippen molar-refractivity contribution in [2.75, 3.05) is 9.80 Å². The number of para-hydroxylation sites is 5. The van der Waals surface area contributed by atoms with Crippen LogP contribution in [-0.4, -0.2) is 9.13 Å². The van der Waals surface area contributed by atoms with Gasteiger partial charge in [-0.05, 0) is 187 Å². The first-order chi connectivity index (χ1) is 46.6. The molecule has 0 spiro atoms. The first-order valence-corrected chi connectivity index (χ1v) is 32.2. The Morgan fingerprint density at radius 1 is 0.160 bits per heavy atom. The molecule has 2 aromatic heterocycles. The van der Waals surface area contributed by atoms with Crippen LogP contribution in [0.3, 0.4) is 0 Å². The largest absolute Gasteiger partial charge is 0.311 e. The molecule has 0 saturated heterocycles. The maximum Gasteiger partial charge on any atom is 0.0541 e. The van der Waals surface area contributed by atoms with Crippen LogP contribution in [0.4, 0.5) is 34.1 Å². The Hall–Kier alpha value is -12.5. The fraction of sp³-hybridized carbons (Fsp3) is 0. The summed E-state index contributed by atoms with van der Waals surface area (Å²) in [5.74, 6) is 0. The van der Waals surface area contributed by atoms with Crippen molar-refractivity contribution in [3.05, 3.63) is 376 Å². The van der Waals surface area contributed by atoms with Gasteiger partial charge in [0.2, 0.25) is 0 Å². The van der Waals surface area contributed by atoms with Crippen LogP contribution in [0.25, 0.3) is 121 Å². The van der Waals surface area contributed by atoms with Crippen molar-refractivity contribution in [1.82, 2.24) is 9.13 Å². The van der Waals surface area contributed by atoms with Crippen molar-refractivity contribution in [1.29, 1.82) is 0 Å². The Morgan fingerprint density at radius 3 is 0.883 bits per heavy atom. The fourth-order valence-electron chi connectivity index (χ4n) is 14.0. The zero-order valence-electron chi connectivity index (χ0n) is 51.6. The lowest BCUT2D eigenvalue weighted by molar-refractivity contribution is 1.18. The zero-order valence-corrected chi connectivity index (χ0v) is 51.6. The second-order valence-corrected chi connectivity index (χ2v) is 24.1. The van der Waals surface area contributed by atoms with E-state index in [4.69, 9.17) is 0 Å². The molecule has 0 bridgehead atoms. The van der Waals surface area contributed by atoms with E-state index in [1.54, 1.807) is 0 Å². The molecule has 4 heteroatoms. The Balaban J connectivity index is 0.000000144. The highest BCUT2D eigenvalue weighted by Gasteiger charge is 2.19. The SMILES string of the molecule is c1ccc(-c2ccc(N(c3ccccc3)c3ccc(-c4ccc(-n5c6ccccc6c6ccccc65)cc4)cc3)cc2)cc1.c1ccc2cc(N(c3ccc(-c4ccc(-n5c6ccccc6c6ccccc65)cc4)cc3)c3ccc4ccc5ccccc5c4c3)ccc2c1. The van der Waals surface area contributed by atoms with Gasteiger partial charge in [0.25, 0.3) is 0 Å². The molecule has 16 aromatic carbocycles. The van der Waals surface area contributed by atoms with E-state index in [2.05, 4.69) is 395 Å². The number of hydrogen-bond donors (Lipinski definition) is 0. The lowest BCUT2D eigenvalue weighted by Gasteiger charge is -2.26. The molecule has 0 aliphatic heterocycles. The molecule has 18 rings (SSSR count). The molecule has 0 aliphatic rings. The number of benzene rings is 16. The average molecular weight is 1200 g/mol. The van der Waals surface area contributed by atoms with Gasteiger partial charge in [-0.25, -0.2) is 0 Å². The number of nitrogens with zero attached hydrogens (tertiary/aromatic N) is 4. The van der Waals surface area contributed by atoms with E-state index < -0.39 is 0 Å². The molecular weight excluding hydrogens is 1140 g/mol. The Labute approximate surface area is 546 Å². The van der Waals surface area contributed by atoms with Crippen LogP contribution in [0.1, 0.15) is 0 Å². The molecule has 18 aromatic rings. The summed E-state index contributed by atoms with van der Waals surface area (Å²) < 4.78 is 4.73. The van der Waals surface area contributed by atoms with Crippen molar-refractivity contribution < 1.29 is 0 Å². The summed E-state index contributed by atoms with van der Waals surface area (Å²) in [6, 6.07) is 136. The topological polar surface area (TPSA) is 16.3 Å². The molecule has 2 heterocycles. The van der Waals surface area contributed by atoms with Crippen molar-refractivity contribution in [3.63, 3.8) is 0 Å². The smallest absolute Gasteiger partial charge is 0.0541 e. The van der Waals surface area contributed by atoms with Gasteiger partial charge >= 0.3 is 0 Å². The van der Waals surface area contributed by atoms with Crippen LogP contribution in [0.15, 0.2) is 376 Å². The third kappa shape index (κ3) is 10.3. The van der Waals surface area contributed by atoms with Gasteiger partial charge in [0.05, 0.1) is 22.1 Å². The standard InChI is InChI=1S/C48H32N2.C42H30N2/c1-2-11-38-31-41(29-23-33(38)9-1)49(42-30-24-37-18-17-36-10-3-4-12-43(36)46(37)32-42)39-25-19-34(20-26-39)35-21-27-40(28-22-35)50-47-15-7-5-13-44(47)45-14-6-8-16-48(45)50;1-3-11-31(12-4-1)32-19-25-36(26-20-32)43(35-13-5-2-6-14-35)37-27-21-33(22-28-37)34-23-29-38(30-24-34)44-41-17-9-7-15-39(41)40-16-8-10-18-42(40)44/h1-32H;1-30H. The highest BCUT2D eigenvalue weighted by molar-refractivity contribution is 6.11. The monoisotopic (exact) mass is 1200 g/mol. The van der Waals surface area contributed by atoms with E-state index in [1.165, 1.54) is 109 Å². The van der Waals surface area contributed by atoms with E-state index in [-0.39, 0.29) is 0 Å². The summed E-state index contributed by atoms with van der Waals surface area (Å²) in [7, 11) is 0. The van der Waals surface area contributed by atoms with Crippen LogP contribution in [0.5, 0.6) is 0 Å². The van der Waals surface area contributed by atoms with Crippen molar-refractivity contribution in [2.24, 2.45) is 0 Å². The van der Waals surface area contributed by atoms with Crippen LogP contribution in [0.2, 0.25) is 0 Å². The summed E-state index contributed by atoms with van der Waals surface area (Å²) in [5, 5.41) is 12.6. The summed E-state index contributed by atoms with van der Waals surface area (Å²) in [5.41, 5.74) is 21.2. The number of hydrogen-bond acceptors (Lipinski definition) is 2. The van der Waals surface area contributed by atoms with Gasteiger partial charge in [-0.3, -0.25) is 0 Å². The molecule has 0 saturated carbocycles. The number of aromatic nitrogens is 2. The van der Waals surface area contributed by atoms with Gasteiger partial charge in [-0.15, -0.1) is 0 Å². The van der Waals surface area contributed by atoms with E-state index in [0.717, 1.165) is 45.5 Å². The molecule has 0 atom stereocenters. The second-order valence-electron chi connectivity index (χ2n) is 24.1. The molecule has 0 aliphatic carbocycles. The molecule has 0 N–H and O–H groups in total.